The second-order valence-electron chi connectivity index (χ2n) is 4.38. The van der Waals surface area contributed by atoms with Gasteiger partial charge in [0.1, 0.15) is 0 Å². The highest BCUT2D eigenvalue weighted by Crippen LogP contribution is 2.33. The Bertz CT molecular complexity index is 346. The number of hydrogen-bond donors (Lipinski definition) is 2. The maximum absolute atomic E-state index is 9.62. The third-order valence-corrected chi connectivity index (χ3v) is 3.97. The van der Waals surface area contributed by atoms with Crippen LogP contribution in [0.1, 0.15) is 37.5 Å². The molecule has 0 saturated carbocycles. The summed E-state index contributed by atoms with van der Waals surface area (Å²) in [6, 6.07) is 0. The number of nitrogens with zero attached hydrogens (tertiary/aromatic N) is 1. The van der Waals surface area contributed by atoms with E-state index < -0.39 is 0 Å². The lowest BCUT2D eigenvalue weighted by Gasteiger charge is -2.08. The quantitative estimate of drug-likeness (QED) is 0.852. The SMILES string of the molecule is CC(C)c1sc(NCC2CCCO2)nc1O. The van der Waals surface area contributed by atoms with Gasteiger partial charge in [-0.05, 0) is 18.8 Å². The van der Waals surface area contributed by atoms with Crippen molar-refractivity contribution in [3.8, 4) is 5.88 Å². The normalized spacial score (nSPS) is 20.6. The highest BCUT2D eigenvalue weighted by molar-refractivity contribution is 7.16. The van der Waals surface area contributed by atoms with Crippen LogP contribution < -0.4 is 5.32 Å². The molecule has 1 aliphatic rings. The monoisotopic (exact) mass is 242 g/mol. The minimum absolute atomic E-state index is 0.162. The van der Waals surface area contributed by atoms with Crippen molar-refractivity contribution in [2.45, 2.75) is 38.7 Å². The molecule has 2 rings (SSSR count). The molecule has 5 heteroatoms. The van der Waals surface area contributed by atoms with Gasteiger partial charge in [0.2, 0.25) is 5.88 Å². The number of rotatable bonds is 4. The van der Waals surface area contributed by atoms with Crippen molar-refractivity contribution < 1.29 is 9.84 Å². The molecule has 0 aromatic carbocycles. The van der Waals surface area contributed by atoms with Gasteiger partial charge in [-0.15, -0.1) is 0 Å². The topological polar surface area (TPSA) is 54.4 Å². The second-order valence-corrected chi connectivity index (χ2v) is 5.41. The summed E-state index contributed by atoms with van der Waals surface area (Å²) in [5, 5.41) is 13.6. The van der Waals surface area contributed by atoms with E-state index in [0.717, 1.165) is 36.0 Å². The molecule has 0 bridgehead atoms. The van der Waals surface area contributed by atoms with Gasteiger partial charge < -0.3 is 15.2 Å². The third-order valence-electron chi connectivity index (χ3n) is 2.66. The first kappa shape index (κ1) is 11.7. The van der Waals surface area contributed by atoms with Gasteiger partial charge in [-0.3, -0.25) is 0 Å². The van der Waals surface area contributed by atoms with E-state index in [1.807, 2.05) is 0 Å². The number of ether oxygens (including phenoxy) is 1. The summed E-state index contributed by atoms with van der Waals surface area (Å²) in [6.07, 6.45) is 2.56. The van der Waals surface area contributed by atoms with E-state index in [4.69, 9.17) is 4.74 Å². The van der Waals surface area contributed by atoms with Crippen LogP contribution in [0.4, 0.5) is 5.13 Å². The largest absolute Gasteiger partial charge is 0.492 e. The number of thiazole rings is 1. The predicted octanol–water partition coefficient (Wildman–Crippen LogP) is 2.56. The molecule has 0 radical (unpaired) electrons. The molecular weight excluding hydrogens is 224 g/mol. The van der Waals surface area contributed by atoms with Crippen molar-refractivity contribution in [2.24, 2.45) is 0 Å². The van der Waals surface area contributed by atoms with Crippen LogP contribution in [-0.2, 0) is 4.74 Å². The first-order valence-electron chi connectivity index (χ1n) is 5.72. The van der Waals surface area contributed by atoms with Crippen LogP contribution in [0.3, 0.4) is 0 Å². The summed E-state index contributed by atoms with van der Waals surface area (Å²) in [5.74, 6) is 0.477. The van der Waals surface area contributed by atoms with Crippen molar-refractivity contribution in [3.63, 3.8) is 0 Å². The van der Waals surface area contributed by atoms with Crippen molar-refractivity contribution >= 4 is 16.5 Å². The molecule has 4 nitrogen and oxygen atoms in total. The van der Waals surface area contributed by atoms with Gasteiger partial charge in [0.05, 0.1) is 11.0 Å². The molecule has 16 heavy (non-hydrogen) atoms. The Labute approximate surface area is 99.7 Å². The Morgan fingerprint density at radius 1 is 1.62 bits per heavy atom. The lowest BCUT2D eigenvalue weighted by molar-refractivity contribution is 0.120. The molecule has 2 heterocycles. The molecule has 1 aliphatic heterocycles. The van der Waals surface area contributed by atoms with Gasteiger partial charge in [0.15, 0.2) is 5.13 Å². The summed E-state index contributed by atoms with van der Waals surface area (Å²) in [6.45, 7) is 5.76. The fraction of sp³-hybridized carbons (Fsp3) is 0.727. The van der Waals surface area contributed by atoms with Gasteiger partial charge in [0, 0.05) is 13.2 Å². The number of aromatic hydroxyl groups is 1. The molecule has 0 aliphatic carbocycles. The Balaban J connectivity index is 1.91. The minimum atomic E-state index is 0.162. The summed E-state index contributed by atoms with van der Waals surface area (Å²) in [5.41, 5.74) is 0. The van der Waals surface area contributed by atoms with E-state index in [1.54, 1.807) is 0 Å². The van der Waals surface area contributed by atoms with Crippen LogP contribution in [-0.4, -0.2) is 29.3 Å². The first-order valence-corrected chi connectivity index (χ1v) is 6.53. The molecule has 1 saturated heterocycles. The molecular formula is C11H18N2O2S. The van der Waals surface area contributed by atoms with Crippen molar-refractivity contribution in [2.75, 3.05) is 18.5 Å². The predicted molar refractivity (Wildman–Crippen MR) is 65.3 cm³/mol. The zero-order valence-corrected chi connectivity index (χ0v) is 10.5. The van der Waals surface area contributed by atoms with Crippen molar-refractivity contribution in [1.29, 1.82) is 0 Å². The van der Waals surface area contributed by atoms with E-state index in [9.17, 15) is 5.11 Å². The summed E-state index contributed by atoms with van der Waals surface area (Å²) in [4.78, 5) is 5.04. The summed E-state index contributed by atoms with van der Waals surface area (Å²) < 4.78 is 5.51. The Kier molecular flexibility index (Phi) is 3.66. The Morgan fingerprint density at radius 3 is 3.00 bits per heavy atom. The maximum atomic E-state index is 9.62. The first-order chi connectivity index (χ1) is 7.66. The third kappa shape index (κ3) is 2.65. The minimum Gasteiger partial charge on any atom is -0.492 e. The van der Waals surface area contributed by atoms with Crippen LogP contribution in [0, 0.1) is 0 Å². The number of hydrogen-bond acceptors (Lipinski definition) is 5. The van der Waals surface area contributed by atoms with Crippen molar-refractivity contribution in [1.82, 2.24) is 4.98 Å². The van der Waals surface area contributed by atoms with E-state index in [1.165, 1.54) is 11.3 Å². The van der Waals surface area contributed by atoms with Crippen molar-refractivity contribution in [3.05, 3.63) is 4.88 Å². The number of aromatic nitrogens is 1. The molecule has 0 amide bonds. The Hall–Kier alpha value is -0.810. The fourth-order valence-electron chi connectivity index (χ4n) is 1.78. The van der Waals surface area contributed by atoms with Gasteiger partial charge in [-0.25, -0.2) is 0 Å². The van der Waals surface area contributed by atoms with E-state index in [-0.39, 0.29) is 5.88 Å². The van der Waals surface area contributed by atoms with Crippen LogP contribution >= 0.6 is 11.3 Å². The smallest absolute Gasteiger partial charge is 0.227 e. The van der Waals surface area contributed by atoms with Gasteiger partial charge in [-0.2, -0.15) is 4.98 Å². The molecule has 1 fully saturated rings. The van der Waals surface area contributed by atoms with Crippen LogP contribution in [0.2, 0.25) is 0 Å². The number of nitrogens with one attached hydrogen (secondary N) is 1. The maximum Gasteiger partial charge on any atom is 0.227 e. The van der Waals surface area contributed by atoms with E-state index >= 15 is 0 Å². The van der Waals surface area contributed by atoms with Crippen LogP contribution in [0.25, 0.3) is 0 Å². The van der Waals surface area contributed by atoms with Gasteiger partial charge in [0.25, 0.3) is 0 Å². The van der Waals surface area contributed by atoms with Crippen LogP contribution in [0.15, 0.2) is 0 Å². The summed E-state index contributed by atoms with van der Waals surface area (Å²) >= 11 is 1.52. The standard InChI is InChI=1S/C11H18N2O2S/c1-7(2)9-10(14)13-11(16-9)12-6-8-4-3-5-15-8/h7-8,14H,3-6H2,1-2H3,(H,12,13). The molecule has 1 aromatic rings. The highest BCUT2D eigenvalue weighted by atomic mass is 32.1. The Morgan fingerprint density at radius 2 is 2.44 bits per heavy atom. The zero-order chi connectivity index (χ0) is 11.5. The van der Waals surface area contributed by atoms with Crippen LogP contribution in [0.5, 0.6) is 5.88 Å². The average Bonchev–Trinajstić information content (AvgIpc) is 2.83. The number of anilines is 1. The van der Waals surface area contributed by atoms with Gasteiger partial charge in [-0.1, -0.05) is 25.2 Å². The lowest BCUT2D eigenvalue weighted by atomic mass is 10.2. The zero-order valence-electron chi connectivity index (χ0n) is 9.69. The fourth-order valence-corrected chi connectivity index (χ4v) is 2.65. The molecule has 1 aromatic heterocycles. The average molecular weight is 242 g/mol. The van der Waals surface area contributed by atoms with Gasteiger partial charge >= 0.3 is 0 Å². The molecule has 0 spiro atoms. The molecule has 2 N–H and O–H groups in total. The summed E-state index contributed by atoms with van der Waals surface area (Å²) in [7, 11) is 0. The molecule has 1 unspecified atom stereocenters. The highest BCUT2D eigenvalue weighted by Gasteiger charge is 2.17. The lowest BCUT2D eigenvalue weighted by Crippen LogP contribution is -2.18. The van der Waals surface area contributed by atoms with E-state index in [2.05, 4.69) is 24.1 Å². The van der Waals surface area contributed by atoms with E-state index in [0.29, 0.717) is 12.0 Å². The second kappa shape index (κ2) is 5.01. The molecule has 1 atom stereocenters. The molecule has 90 valence electrons.